The van der Waals surface area contributed by atoms with E-state index >= 15 is 19.2 Å². The summed E-state index contributed by atoms with van der Waals surface area (Å²) in [5.74, 6) is -6.91. The lowest BCUT2D eigenvalue weighted by molar-refractivity contribution is -0.139. The monoisotopic (exact) mass is 1380 g/mol. The van der Waals surface area contributed by atoms with E-state index in [-0.39, 0.29) is 172 Å². The van der Waals surface area contributed by atoms with Gasteiger partial charge in [-0.05, 0) is 146 Å². The molecule has 0 saturated carbocycles. The number of benzene rings is 9. The van der Waals surface area contributed by atoms with Gasteiger partial charge in [-0.3, -0.25) is 38.6 Å². The van der Waals surface area contributed by atoms with Crippen LogP contribution in [0.25, 0.3) is 43.1 Å². The van der Waals surface area contributed by atoms with E-state index in [0.717, 1.165) is 9.80 Å². The Hall–Kier alpha value is -9.14. The average Bonchev–Trinajstić information content (AvgIpc) is 0.672. The largest absolute Gasteiger partial charge is 0.460 e. The standard InChI is InChI=1S/C70H54Cl6N4O14/c1-33(2)27-49(63(81)77-23-25-89-69(87)35(5)71)79-65(83)45-29-51(91-41-15-7-37(73)8-16-41)57-59-53(93-43-19-11-39(75)12-20-43)31-47-56-48(68(86)80(67(47)85)50(28-34(3)4)64(82)78-24-26-90-70(88)36(6)72)32-54(94-44-21-13-40(76)14-22-44)60(62(56)59)58-52(92-42-17-9-38(74)10-18-42)30-46(66(79)84)55(45)61(57)58/h7-22,29-34,49-50H,5-6,23-28H2,1-4H3,(H,77,81)(H,78,82). The third-order valence-corrected chi connectivity index (χ3v) is 16.8. The SMILES string of the molecule is C=C(Cl)C(=O)OCCNC(=O)C(CC(C)C)N1C(=O)c2cc(Oc3ccc(Cl)cc3)c3c4c(Oc5ccc(Cl)cc5)cc5c6c(cc(Oc7ccc(Cl)cc7)c(c7c(Oc8ccc(Cl)cc8)cc(c2c37)C1=O)c64)C(=O)N(C(CC(C)C)C(=O)NCCOC(=O)C(=C)Cl)C5=O. The molecule has 2 aliphatic heterocycles. The van der Waals surface area contributed by atoms with Crippen LogP contribution in [0.4, 0.5) is 0 Å². The van der Waals surface area contributed by atoms with Crippen LogP contribution < -0.4 is 29.6 Å². The second-order valence-corrected chi connectivity index (χ2v) is 25.5. The van der Waals surface area contributed by atoms with Crippen LogP contribution in [0.1, 0.15) is 82.0 Å². The Labute approximate surface area is 567 Å². The Kier molecular flexibility index (Phi) is 19.4. The quantitative estimate of drug-likeness (QED) is 0.0143. The summed E-state index contributed by atoms with van der Waals surface area (Å²) in [6.45, 7) is 12.9. The Morgan fingerprint density at radius 2 is 0.649 bits per heavy atom. The zero-order valence-electron chi connectivity index (χ0n) is 50.4. The number of hydrogen-bond donors (Lipinski definition) is 2. The van der Waals surface area contributed by atoms with Crippen LogP contribution in [-0.2, 0) is 28.7 Å². The molecule has 480 valence electrons. The molecule has 2 unspecified atom stereocenters. The molecule has 94 heavy (non-hydrogen) atoms. The summed E-state index contributed by atoms with van der Waals surface area (Å²) in [5.41, 5.74) is -0.444. The first-order valence-corrected chi connectivity index (χ1v) is 31.6. The van der Waals surface area contributed by atoms with Gasteiger partial charge < -0.3 is 39.1 Å². The van der Waals surface area contributed by atoms with Crippen molar-refractivity contribution in [2.24, 2.45) is 11.8 Å². The lowest BCUT2D eigenvalue weighted by Crippen LogP contribution is -2.54. The highest BCUT2D eigenvalue weighted by Gasteiger charge is 2.46. The van der Waals surface area contributed by atoms with Gasteiger partial charge in [0.2, 0.25) is 11.8 Å². The lowest BCUT2D eigenvalue weighted by Gasteiger charge is -2.36. The van der Waals surface area contributed by atoms with Crippen molar-refractivity contribution in [2.45, 2.75) is 52.6 Å². The van der Waals surface area contributed by atoms with Crippen molar-refractivity contribution < 1.29 is 66.8 Å². The van der Waals surface area contributed by atoms with Gasteiger partial charge in [0.15, 0.2) is 0 Å². The van der Waals surface area contributed by atoms with Gasteiger partial charge in [-0.2, -0.15) is 0 Å². The van der Waals surface area contributed by atoms with Crippen LogP contribution in [0.15, 0.2) is 145 Å². The minimum absolute atomic E-state index is 0.0317. The second kappa shape index (κ2) is 27.4. The van der Waals surface area contributed by atoms with Crippen molar-refractivity contribution >= 4 is 160 Å². The van der Waals surface area contributed by atoms with E-state index < -0.39 is 59.5 Å². The number of carbonyl (C=O) groups excluding carboxylic acids is 8. The van der Waals surface area contributed by atoms with Gasteiger partial charge in [-0.15, -0.1) is 0 Å². The van der Waals surface area contributed by atoms with Crippen LogP contribution in [-0.4, -0.2) is 95.6 Å². The first-order valence-electron chi connectivity index (χ1n) is 29.3. The molecule has 0 bridgehead atoms. The van der Waals surface area contributed by atoms with Gasteiger partial charge in [-0.1, -0.05) is 110 Å². The molecule has 0 spiro atoms. The van der Waals surface area contributed by atoms with E-state index in [1.807, 2.05) is 27.7 Å². The number of amides is 6. The summed E-state index contributed by atoms with van der Waals surface area (Å²) in [5, 5.41) is 7.14. The normalized spacial score (nSPS) is 13.4. The van der Waals surface area contributed by atoms with Gasteiger partial charge in [0.25, 0.3) is 23.6 Å². The molecule has 2 atom stereocenters. The van der Waals surface area contributed by atoms with Crippen molar-refractivity contribution in [1.82, 2.24) is 20.4 Å². The maximum atomic E-state index is 16.0. The highest BCUT2D eigenvalue weighted by atomic mass is 35.5. The number of esters is 2. The number of halogens is 6. The predicted molar refractivity (Wildman–Crippen MR) is 359 cm³/mol. The number of imide groups is 2. The molecule has 9 aromatic carbocycles. The number of hydrogen-bond acceptors (Lipinski definition) is 14. The van der Waals surface area contributed by atoms with Crippen LogP contribution >= 0.6 is 69.6 Å². The van der Waals surface area contributed by atoms with Gasteiger partial charge in [0, 0.05) is 63.2 Å². The summed E-state index contributed by atoms with van der Waals surface area (Å²) in [6.07, 6.45) is -0.0634. The van der Waals surface area contributed by atoms with E-state index in [0.29, 0.717) is 20.1 Å². The third-order valence-electron chi connectivity index (χ3n) is 15.5. The Morgan fingerprint density at radius 1 is 0.404 bits per heavy atom. The fourth-order valence-electron chi connectivity index (χ4n) is 11.5. The van der Waals surface area contributed by atoms with Crippen LogP contribution in [0.5, 0.6) is 46.0 Å². The topological polar surface area (TPSA) is 222 Å². The molecule has 0 fully saturated rings. The fourth-order valence-corrected chi connectivity index (χ4v) is 12.1. The van der Waals surface area contributed by atoms with E-state index in [1.54, 1.807) is 97.1 Å². The van der Waals surface area contributed by atoms with Crippen LogP contribution in [0.3, 0.4) is 0 Å². The number of fused-ring (bicyclic) bond motifs is 2. The Morgan fingerprint density at radius 3 is 0.872 bits per heavy atom. The van der Waals surface area contributed by atoms with E-state index in [2.05, 4.69) is 23.8 Å². The molecule has 2 aliphatic rings. The van der Waals surface area contributed by atoms with Crippen molar-refractivity contribution in [3.8, 4) is 46.0 Å². The first kappa shape index (κ1) is 66.3. The molecule has 0 radical (unpaired) electrons. The molecular weight excluding hydrogens is 1330 g/mol. The fraction of sp³-hybridized carbons (Fsp3) is 0.200. The van der Waals surface area contributed by atoms with Crippen molar-refractivity contribution in [3.63, 3.8) is 0 Å². The minimum Gasteiger partial charge on any atom is -0.460 e. The second-order valence-electron chi connectivity index (χ2n) is 22.8. The van der Waals surface area contributed by atoms with Gasteiger partial charge in [0.1, 0.15) is 81.4 Å². The number of nitrogens with zero attached hydrogens (tertiary/aromatic N) is 2. The van der Waals surface area contributed by atoms with Gasteiger partial charge in [-0.25, -0.2) is 9.59 Å². The summed E-state index contributed by atoms with van der Waals surface area (Å²) in [4.78, 5) is 119. The van der Waals surface area contributed by atoms with E-state index in [4.69, 9.17) is 98.0 Å². The van der Waals surface area contributed by atoms with Crippen LogP contribution in [0, 0.1) is 11.8 Å². The molecule has 2 heterocycles. The van der Waals surface area contributed by atoms with Crippen LogP contribution in [0.2, 0.25) is 20.1 Å². The summed E-state index contributed by atoms with van der Waals surface area (Å²) < 4.78 is 38.2. The number of nitrogens with one attached hydrogen (secondary N) is 2. The number of carbonyl (C=O) groups is 8. The molecule has 2 N–H and O–H groups in total. The zero-order chi connectivity index (χ0) is 67.1. The molecular formula is C70H54Cl6N4O14. The molecule has 6 amide bonds. The molecule has 0 saturated heterocycles. The average molecular weight is 1390 g/mol. The highest BCUT2D eigenvalue weighted by Crippen LogP contribution is 2.58. The van der Waals surface area contributed by atoms with Crippen molar-refractivity contribution in [2.75, 3.05) is 26.3 Å². The lowest BCUT2D eigenvalue weighted by atomic mass is 9.80. The maximum Gasteiger partial charge on any atom is 0.349 e. The number of rotatable bonds is 24. The highest BCUT2D eigenvalue weighted by molar-refractivity contribution is 6.45. The minimum atomic E-state index is -1.46. The third kappa shape index (κ3) is 13.2. The van der Waals surface area contributed by atoms with Gasteiger partial charge >= 0.3 is 11.9 Å². The maximum absolute atomic E-state index is 16.0. The van der Waals surface area contributed by atoms with E-state index in [1.165, 1.54) is 24.3 Å². The smallest absolute Gasteiger partial charge is 0.349 e. The predicted octanol–water partition coefficient (Wildman–Crippen LogP) is 16.4. The molecule has 11 rings (SSSR count). The summed E-state index contributed by atoms with van der Waals surface area (Å²) >= 11 is 37.4. The Balaban J connectivity index is 1.27. The first-order chi connectivity index (χ1) is 44.9. The Bertz CT molecular complexity index is 4120. The van der Waals surface area contributed by atoms with Crippen molar-refractivity contribution in [3.05, 3.63) is 187 Å². The molecule has 9 aromatic rings. The van der Waals surface area contributed by atoms with Gasteiger partial charge in [0.05, 0.1) is 35.3 Å². The molecule has 24 heteroatoms. The molecule has 0 aromatic heterocycles. The summed E-state index contributed by atoms with van der Waals surface area (Å²) in [7, 11) is 0. The summed E-state index contributed by atoms with van der Waals surface area (Å²) in [6, 6.07) is 28.3. The van der Waals surface area contributed by atoms with Crippen molar-refractivity contribution in [1.29, 1.82) is 0 Å². The number of ether oxygens (including phenoxy) is 6. The molecule has 18 nitrogen and oxygen atoms in total. The zero-order valence-corrected chi connectivity index (χ0v) is 54.9. The van der Waals surface area contributed by atoms with E-state index in [9.17, 15) is 19.2 Å². The molecule has 0 aliphatic carbocycles.